The lowest BCUT2D eigenvalue weighted by Crippen LogP contribution is -2.27. The van der Waals surface area contributed by atoms with E-state index >= 15 is 0 Å². The molecule has 3 rings (SSSR count). The first kappa shape index (κ1) is 14.2. The van der Waals surface area contributed by atoms with Crippen molar-refractivity contribution in [2.75, 3.05) is 0 Å². The molecule has 5 heteroatoms. The molecule has 0 atom stereocenters. The fourth-order valence-electron chi connectivity index (χ4n) is 3.04. The average molecular weight is 302 g/mol. The molecule has 0 aliphatic carbocycles. The quantitative estimate of drug-likeness (QED) is 0.857. The Morgan fingerprint density at radius 1 is 1.10 bits per heavy atom. The number of aryl methyl sites for hydroxylation is 3. The highest BCUT2D eigenvalue weighted by atomic mass is 32.2. The fourth-order valence-corrected chi connectivity index (χ4v) is 4.83. The molecule has 21 heavy (non-hydrogen) atoms. The smallest absolute Gasteiger partial charge is 0.244 e. The zero-order chi connectivity index (χ0) is 15.2. The zero-order valence-electron chi connectivity index (χ0n) is 12.4. The molecule has 1 aromatic carbocycles. The van der Waals surface area contributed by atoms with E-state index in [0.717, 1.165) is 27.9 Å². The topological polar surface area (TPSA) is 50.3 Å². The van der Waals surface area contributed by atoms with Crippen LogP contribution in [0.2, 0.25) is 0 Å². The minimum atomic E-state index is -3.49. The van der Waals surface area contributed by atoms with Crippen molar-refractivity contribution in [2.24, 2.45) is 0 Å². The van der Waals surface area contributed by atoms with Gasteiger partial charge in [-0.2, -0.15) is 4.31 Å². The van der Waals surface area contributed by atoms with Crippen LogP contribution in [-0.4, -0.2) is 17.7 Å². The summed E-state index contributed by atoms with van der Waals surface area (Å²) in [5.74, 6) is 0. The Morgan fingerprint density at radius 2 is 1.76 bits per heavy atom. The zero-order valence-corrected chi connectivity index (χ0v) is 13.2. The Bertz CT molecular complexity index is 765. The molecule has 1 aliphatic rings. The van der Waals surface area contributed by atoms with Crippen LogP contribution in [0.4, 0.5) is 0 Å². The molecule has 2 heterocycles. The molecule has 0 bridgehead atoms. The SMILES string of the molecule is Cc1cc(C)c(S(=O)(=O)N2Cc3cccnc3C2)c(C)c1. The summed E-state index contributed by atoms with van der Waals surface area (Å²) in [5, 5.41) is 0. The van der Waals surface area contributed by atoms with Gasteiger partial charge in [-0.15, -0.1) is 0 Å². The van der Waals surface area contributed by atoms with Gasteiger partial charge in [0.2, 0.25) is 10.0 Å². The third-order valence-electron chi connectivity index (χ3n) is 3.86. The second-order valence-corrected chi connectivity index (χ2v) is 7.48. The molecule has 2 aromatic rings. The van der Waals surface area contributed by atoms with Gasteiger partial charge in [-0.1, -0.05) is 23.8 Å². The van der Waals surface area contributed by atoms with Crippen molar-refractivity contribution in [3.63, 3.8) is 0 Å². The van der Waals surface area contributed by atoms with Crippen LogP contribution in [-0.2, 0) is 23.1 Å². The van der Waals surface area contributed by atoms with Crippen molar-refractivity contribution in [3.8, 4) is 0 Å². The maximum absolute atomic E-state index is 13.0. The van der Waals surface area contributed by atoms with Gasteiger partial charge in [0.25, 0.3) is 0 Å². The third-order valence-corrected chi connectivity index (χ3v) is 5.96. The summed E-state index contributed by atoms with van der Waals surface area (Å²) in [6, 6.07) is 7.62. The number of aromatic nitrogens is 1. The molecule has 0 unspecified atom stereocenters. The molecule has 110 valence electrons. The Kier molecular flexibility index (Phi) is 3.34. The van der Waals surface area contributed by atoms with Gasteiger partial charge >= 0.3 is 0 Å². The summed E-state index contributed by atoms with van der Waals surface area (Å²) in [6.45, 7) is 6.44. The molecule has 0 fully saturated rings. The van der Waals surface area contributed by atoms with Crippen LogP contribution >= 0.6 is 0 Å². The summed E-state index contributed by atoms with van der Waals surface area (Å²) in [6.07, 6.45) is 1.71. The molecule has 0 N–H and O–H groups in total. The van der Waals surface area contributed by atoms with E-state index in [1.807, 2.05) is 45.0 Å². The Hall–Kier alpha value is -1.72. The number of hydrogen-bond acceptors (Lipinski definition) is 3. The van der Waals surface area contributed by atoms with E-state index in [0.29, 0.717) is 18.0 Å². The van der Waals surface area contributed by atoms with E-state index in [1.165, 1.54) is 4.31 Å². The Labute approximate surface area is 125 Å². The largest absolute Gasteiger partial charge is 0.260 e. The highest BCUT2D eigenvalue weighted by molar-refractivity contribution is 7.89. The van der Waals surface area contributed by atoms with Crippen LogP contribution in [0.5, 0.6) is 0 Å². The standard InChI is InChI=1S/C16H18N2O2S/c1-11-7-12(2)16(13(3)8-11)21(19,20)18-9-14-5-4-6-17-15(14)10-18/h4-8H,9-10H2,1-3H3. The number of fused-ring (bicyclic) bond motifs is 1. The molecule has 1 aromatic heterocycles. The van der Waals surface area contributed by atoms with Crippen LogP contribution in [0.3, 0.4) is 0 Å². The molecule has 0 saturated carbocycles. The predicted octanol–water partition coefficient (Wildman–Crippen LogP) is 2.71. The summed E-state index contributed by atoms with van der Waals surface area (Å²) < 4.78 is 27.4. The van der Waals surface area contributed by atoms with Crippen molar-refractivity contribution in [3.05, 3.63) is 58.4 Å². The van der Waals surface area contributed by atoms with Crippen LogP contribution < -0.4 is 0 Å². The number of nitrogens with zero attached hydrogens (tertiary/aromatic N) is 2. The number of hydrogen-bond donors (Lipinski definition) is 0. The first-order chi connectivity index (χ1) is 9.89. The van der Waals surface area contributed by atoms with Gasteiger partial charge in [-0.05, 0) is 43.5 Å². The maximum atomic E-state index is 13.0. The second kappa shape index (κ2) is 4.93. The Balaban J connectivity index is 2.04. The van der Waals surface area contributed by atoms with Crippen molar-refractivity contribution in [1.29, 1.82) is 0 Å². The van der Waals surface area contributed by atoms with E-state index in [-0.39, 0.29) is 0 Å². The van der Waals surface area contributed by atoms with E-state index in [2.05, 4.69) is 4.98 Å². The van der Waals surface area contributed by atoms with Crippen LogP contribution in [0.25, 0.3) is 0 Å². The van der Waals surface area contributed by atoms with Crippen molar-refractivity contribution in [1.82, 2.24) is 9.29 Å². The third kappa shape index (κ3) is 2.36. The molecule has 0 radical (unpaired) electrons. The van der Waals surface area contributed by atoms with E-state index in [9.17, 15) is 8.42 Å². The van der Waals surface area contributed by atoms with Gasteiger partial charge in [-0.25, -0.2) is 8.42 Å². The van der Waals surface area contributed by atoms with Gasteiger partial charge in [0.15, 0.2) is 0 Å². The second-order valence-electron chi connectivity index (χ2n) is 5.61. The summed E-state index contributed by atoms with van der Waals surface area (Å²) >= 11 is 0. The Morgan fingerprint density at radius 3 is 2.38 bits per heavy atom. The number of rotatable bonds is 2. The van der Waals surface area contributed by atoms with E-state index in [4.69, 9.17) is 0 Å². The van der Waals surface area contributed by atoms with Crippen molar-refractivity contribution in [2.45, 2.75) is 38.8 Å². The maximum Gasteiger partial charge on any atom is 0.244 e. The summed E-state index contributed by atoms with van der Waals surface area (Å²) in [7, 11) is -3.49. The normalized spacial score (nSPS) is 15.2. The molecule has 0 spiro atoms. The first-order valence-corrected chi connectivity index (χ1v) is 8.34. The predicted molar refractivity (Wildman–Crippen MR) is 81.3 cm³/mol. The van der Waals surface area contributed by atoms with Gasteiger partial charge in [0.1, 0.15) is 0 Å². The highest BCUT2D eigenvalue weighted by Crippen LogP contribution is 2.30. The van der Waals surface area contributed by atoms with Crippen LogP contribution in [0, 0.1) is 20.8 Å². The molecule has 0 amide bonds. The molecule has 0 saturated heterocycles. The molecule has 1 aliphatic heterocycles. The van der Waals surface area contributed by atoms with Crippen LogP contribution in [0.15, 0.2) is 35.4 Å². The highest BCUT2D eigenvalue weighted by Gasteiger charge is 2.33. The molecular formula is C16H18N2O2S. The first-order valence-electron chi connectivity index (χ1n) is 6.90. The lowest BCUT2D eigenvalue weighted by Gasteiger charge is -2.19. The number of benzene rings is 1. The van der Waals surface area contributed by atoms with Crippen molar-refractivity contribution < 1.29 is 8.42 Å². The minimum Gasteiger partial charge on any atom is -0.260 e. The lowest BCUT2D eigenvalue weighted by atomic mass is 10.1. The van der Waals surface area contributed by atoms with E-state index < -0.39 is 10.0 Å². The van der Waals surface area contributed by atoms with E-state index in [1.54, 1.807) is 6.20 Å². The van der Waals surface area contributed by atoms with Crippen molar-refractivity contribution >= 4 is 10.0 Å². The summed E-state index contributed by atoms with van der Waals surface area (Å²) in [4.78, 5) is 4.70. The number of pyridine rings is 1. The number of sulfonamides is 1. The fraction of sp³-hybridized carbons (Fsp3) is 0.312. The monoisotopic (exact) mass is 302 g/mol. The van der Waals surface area contributed by atoms with Crippen LogP contribution in [0.1, 0.15) is 27.9 Å². The lowest BCUT2D eigenvalue weighted by molar-refractivity contribution is 0.429. The average Bonchev–Trinajstić information content (AvgIpc) is 2.81. The molecule has 4 nitrogen and oxygen atoms in total. The minimum absolute atomic E-state index is 0.352. The van der Waals surface area contributed by atoms with Gasteiger partial charge in [0.05, 0.1) is 17.1 Å². The summed E-state index contributed by atoms with van der Waals surface area (Å²) in [5.41, 5.74) is 4.52. The van der Waals surface area contributed by atoms with Gasteiger partial charge in [0, 0.05) is 12.7 Å². The van der Waals surface area contributed by atoms with Gasteiger partial charge in [-0.3, -0.25) is 4.98 Å². The van der Waals surface area contributed by atoms with Gasteiger partial charge < -0.3 is 0 Å². The molecular weight excluding hydrogens is 284 g/mol.